The smallest absolute Gasteiger partial charge is 0.265 e. The van der Waals surface area contributed by atoms with E-state index in [0.717, 1.165) is 12.8 Å². The molecule has 0 aliphatic carbocycles. The fraction of sp³-hybridized carbons (Fsp3) is 0.533. The SMILES string of the molecule is C[C@H]1CCCN(S(=O)(=O)c2ccc3c(c2)O[C@H](C)C(=O)N3)C1. The van der Waals surface area contributed by atoms with Gasteiger partial charge in [-0.05, 0) is 37.8 Å². The molecular weight excluding hydrogens is 304 g/mol. The Bertz CT molecular complexity index is 701. The van der Waals surface area contributed by atoms with E-state index in [2.05, 4.69) is 12.2 Å². The van der Waals surface area contributed by atoms with Gasteiger partial charge >= 0.3 is 0 Å². The molecule has 7 heteroatoms. The molecule has 2 heterocycles. The summed E-state index contributed by atoms with van der Waals surface area (Å²) in [5, 5.41) is 2.70. The Kier molecular flexibility index (Phi) is 3.86. The van der Waals surface area contributed by atoms with Crippen molar-refractivity contribution in [3.63, 3.8) is 0 Å². The Morgan fingerprint density at radius 2 is 2.09 bits per heavy atom. The molecule has 0 unspecified atom stereocenters. The zero-order valence-electron chi connectivity index (χ0n) is 12.7. The second-order valence-corrected chi connectivity index (χ2v) is 7.96. The van der Waals surface area contributed by atoms with Crippen LogP contribution in [-0.4, -0.2) is 37.8 Å². The van der Waals surface area contributed by atoms with Gasteiger partial charge in [0.1, 0.15) is 5.75 Å². The molecule has 3 rings (SSSR count). The van der Waals surface area contributed by atoms with Crippen LogP contribution in [0, 0.1) is 5.92 Å². The van der Waals surface area contributed by atoms with Crippen LogP contribution in [0.15, 0.2) is 23.1 Å². The Hall–Kier alpha value is -1.60. The van der Waals surface area contributed by atoms with Crippen molar-refractivity contribution in [3.8, 4) is 5.75 Å². The minimum Gasteiger partial charge on any atom is -0.479 e. The van der Waals surface area contributed by atoms with Crippen LogP contribution >= 0.6 is 0 Å². The van der Waals surface area contributed by atoms with E-state index < -0.39 is 16.1 Å². The Morgan fingerprint density at radius 1 is 1.32 bits per heavy atom. The zero-order valence-corrected chi connectivity index (χ0v) is 13.5. The van der Waals surface area contributed by atoms with E-state index in [9.17, 15) is 13.2 Å². The summed E-state index contributed by atoms with van der Waals surface area (Å²) in [5.74, 6) is 0.544. The van der Waals surface area contributed by atoms with Crippen LogP contribution in [0.4, 0.5) is 5.69 Å². The van der Waals surface area contributed by atoms with Gasteiger partial charge in [-0.3, -0.25) is 4.79 Å². The maximum Gasteiger partial charge on any atom is 0.265 e. The quantitative estimate of drug-likeness (QED) is 0.900. The van der Waals surface area contributed by atoms with E-state index in [1.807, 2.05) is 0 Å². The number of hydrogen-bond donors (Lipinski definition) is 1. The van der Waals surface area contributed by atoms with Gasteiger partial charge in [0, 0.05) is 19.2 Å². The maximum atomic E-state index is 12.7. The van der Waals surface area contributed by atoms with E-state index in [1.54, 1.807) is 13.0 Å². The van der Waals surface area contributed by atoms with E-state index in [1.165, 1.54) is 16.4 Å². The summed E-state index contributed by atoms with van der Waals surface area (Å²) in [5.41, 5.74) is 0.508. The third-order valence-electron chi connectivity index (χ3n) is 4.14. The highest BCUT2D eigenvalue weighted by Crippen LogP contribution is 2.33. The Labute approximate surface area is 130 Å². The van der Waals surface area contributed by atoms with Crippen molar-refractivity contribution in [2.45, 2.75) is 37.7 Å². The highest BCUT2D eigenvalue weighted by Gasteiger charge is 2.31. The minimum atomic E-state index is -3.52. The van der Waals surface area contributed by atoms with Gasteiger partial charge in [-0.25, -0.2) is 8.42 Å². The number of anilines is 1. The van der Waals surface area contributed by atoms with Gasteiger partial charge in [0.2, 0.25) is 10.0 Å². The van der Waals surface area contributed by atoms with E-state index >= 15 is 0 Å². The molecule has 0 spiro atoms. The summed E-state index contributed by atoms with van der Waals surface area (Å²) in [6.07, 6.45) is 1.32. The van der Waals surface area contributed by atoms with Gasteiger partial charge in [0.25, 0.3) is 5.91 Å². The molecule has 1 aromatic rings. The predicted octanol–water partition coefficient (Wildman–Crippen LogP) is 1.83. The number of nitrogens with one attached hydrogen (secondary N) is 1. The largest absolute Gasteiger partial charge is 0.479 e. The minimum absolute atomic E-state index is 0.212. The van der Waals surface area contributed by atoms with Gasteiger partial charge in [-0.2, -0.15) is 4.31 Å². The van der Waals surface area contributed by atoms with E-state index in [0.29, 0.717) is 30.4 Å². The van der Waals surface area contributed by atoms with Crippen molar-refractivity contribution >= 4 is 21.6 Å². The predicted molar refractivity (Wildman–Crippen MR) is 82.3 cm³/mol. The fourth-order valence-electron chi connectivity index (χ4n) is 2.86. The molecule has 2 atom stereocenters. The van der Waals surface area contributed by atoms with Crippen molar-refractivity contribution in [2.75, 3.05) is 18.4 Å². The molecule has 1 N–H and O–H groups in total. The van der Waals surface area contributed by atoms with Crippen LogP contribution in [0.1, 0.15) is 26.7 Å². The van der Waals surface area contributed by atoms with Crippen LogP contribution in [0.5, 0.6) is 5.75 Å². The van der Waals surface area contributed by atoms with E-state index in [4.69, 9.17) is 4.74 Å². The van der Waals surface area contributed by atoms with Gasteiger partial charge in [0.15, 0.2) is 6.10 Å². The molecule has 1 fully saturated rings. The molecule has 2 aliphatic rings. The second-order valence-electron chi connectivity index (χ2n) is 6.02. The lowest BCUT2D eigenvalue weighted by Crippen LogP contribution is -2.39. The number of rotatable bonds is 2. The van der Waals surface area contributed by atoms with Crippen molar-refractivity contribution < 1.29 is 17.9 Å². The average Bonchev–Trinajstić information content (AvgIpc) is 2.48. The summed E-state index contributed by atoms with van der Waals surface area (Å²) in [7, 11) is -3.52. The molecule has 1 saturated heterocycles. The second kappa shape index (κ2) is 5.55. The first-order valence-corrected chi connectivity index (χ1v) is 8.93. The van der Waals surface area contributed by atoms with Crippen molar-refractivity contribution in [1.29, 1.82) is 0 Å². The molecule has 1 amide bonds. The van der Waals surface area contributed by atoms with Crippen LogP contribution in [0.3, 0.4) is 0 Å². The summed E-state index contributed by atoms with van der Waals surface area (Å²) in [6, 6.07) is 4.60. The van der Waals surface area contributed by atoms with Gasteiger partial charge in [-0.1, -0.05) is 6.92 Å². The maximum absolute atomic E-state index is 12.7. The third kappa shape index (κ3) is 2.70. The molecule has 0 aromatic heterocycles. The fourth-order valence-corrected chi connectivity index (χ4v) is 4.47. The number of ether oxygens (including phenoxy) is 1. The number of carbonyl (C=O) groups is 1. The van der Waals surface area contributed by atoms with Crippen molar-refractivity contribution in [3.05, 3.63) is 18.2 Å². The standard InChI is InChI=1S/C15H20N2O4S/c1-10-4-3-7-17(9-10)22(19,20)12-5-6-13-14(8-12)21-11(2)15(18)16-13/h5-6,8,10-11H,3-4,7,9H2,1-2H3,(H,16,18)/t10-,11+/m0/s1. The first-order chi connectivity index (χ1) is 10.4. The third-order valence-corrected chi connectivity index (χ3v) is 6.00. The van der Waals surface area contributed by atoms with Crippen molar-refractivity contribution in [1.82, 2.24) is 4.31 Å². The van der Waals surface area contributed by atoms with Gasteiger partial charge < -0.3 is 10.1 Å². The monoisotopic (exact) mass is 324 g/mol. The molecule has 22 heavy (non-hydrogen) atoms. The molecular formula is C15H20N2O4S. The lowest BCUT2D eigenvalue weighted by atomic mass is 10.0. The highest BCUT2D eigenvalue weighted by molar-refractivity contribution is 7.89. The number of amides is 1. The number of fused-ring (bicyclic) bond motifs is 1. The Morgan fingerprint density at radius 3 is 2.82 bits per heavy atom. The van der Waals surface area contributed by atoms with Gasteiger partial charge in [-0.15, -0.1) is 0 Å². The molecule has 1 aromatic carbocycles. The molecule has 0 saturated carbocycles. The first kappa shape index (κ1) is 15.3. The highest BCUT2D eigenvalue weighted by atomic mass is 32.2. The molecule has 6 nitrogen and oxygen atoms in total. The molecule has 0 radical (unpaired) electrons. The lowest BCUT2D eigenvalue weighted by molar-refractivity contribution is -0.122. The van der Waals surface area contributed by atoms with E-state index in [-0.39, 0.29) is 10.8 Å². The molecule has 2 aliphatic heterocycles. The van der Waals surface area contributed by atoms with Crippen LogP contribution < -0.4 is 10.1 Å². The van der Waals surface area contributed by atoms with Crippen LogP contribution in [0.2, 0.25) is 0 Å². The summed E-state index contributed by atoms with van der Waals surface area (Å²) < 4.78 is 32.5. The average molecular weight is 324 g/mol. The zero-order chi connectivity index (χ0) is 15.9. The summed E-state index contributed by atoms with van der Waals surface area (Å²) in [6.45, 7) is 4.80. The molecule has 0 bridgehead atoms. The van der Waals surface area contributed by atoms with Crippen molar-refractivity contribution in [2.24, 2.45) is 5.92 Å². The first-order valence-electron chi connectivity index (χ1n) is 7.49. The number of piperidine rings is 1. The van der Waals surface area contributed by atoms with Crippen LogP contribution in [-0.2, 0) is 14.8 Å². The summed E-state index contributed by atoms with van der Waals surface area (Å²) in [4.78, 5) is 11.8. The van der Waals surface area contributed by atoms with Crippen LogP contribution in [0.25, 0.3) is 0 Å². The lowest BCUT2D eigenvalue weighted by Gasteiger charge is -2.30. The number of benzene rings is 1. The topological polar surface area (TPSA) is 75.7 Å². The van der Waals surface area contributed by atoms with Gasteiger partial charge in [0.05, 0.1) is 10.6 Å². The Balaban J connectivity index is 1.92. The number of hydrogen-bond acceptors (Lipinski definition) is 4. The summed E-state index contributed by atoms with van der Waals surface area (Å²) >= 11 is 0. The number of carbonyl (C=O) groups excluding carboxylic acids is 1. The number of nitrogens with zero attached hydrogens (tertiary/aromatic N) is 1. The normalized spacial score (nSPS) is 26.0. The molecule has 120 valence electrons. The number of sulfonamides is 1.